The summed E-state index contributed by atoms with van der Waals surface area (Å²) in [6.45, 7) is 10.0. The Kier molecular flexibility index (Phi) is 7.85. The van der Waals surface area contributed by atoms with Gasteiger partial charge in [0.05, 0.1) is 24.7 Å². The summed E-state index contributed by atoms with van der Waals surface area (Å²) in [7, 11) is 0. The van der Waals surface area contributed by atoms with Crippen LogP contribution in [0.1, 0.15) is 45.2 Å². The lowest BCUT2D eigenvalue weighted by molar-refractivity contribution is -0.115. The molecule has 0 aliphatic carbocycles. The molecule has 1 heterocycles. The van der Waals surface area contributed by atoms with Crippen LogP contribution in [0.5, 0.6) is 17.2 Å². The first-order chi connectivity index (χ1) is 15.3. The van der Waals surface area contributed by atoms with Crippen LogP contribution in [-0.2, 0) is 10.2 Å². The van der Waals surface area contributed by atoms with Crippen LogP contribution in [0.4, 0.5) is 0 Å². The van der Waals surface area contributed by atoms with Gasteiger partial charge in [0.25, 0.3) is 5.91 Å². The van der Waals surface area contributed by atoms with Crippen LogP contribution in [0, 0.1) is 5.41 Å². The highest BCUT2D eigenvalue weighted by molar-refractivity contribution is 8.18. The SMILES string of the molecule is CCOc1cc(C=C2SC(=N)NC2=O)ccc1OCCCOc1ccc(C(C)(C)C)cc1. The summed E-state index contributed by atoms with van der Waals surface area (Å²) < 4.78 is 17.5. The van der Waals surface area contributed by atoms with Crippen molar-refractivity contribution in [3.8, 4) is 17.2 Å². The van der Waals surface area contributed by atoms with E-state index in [-0.39, 0.29) is 16.5 Å². The molecule has 3 rings (SSSR count). The van der Waals surface area contributed by atoms with E-state index < -0.39 is 0 Å². The zero-order valence-corrected chi connectivity index (χ0v) is 19.8. The molecule has 0 unspecified atom stereocenters. The van der Waals surface area contributed by atoms with Gasteiger partial charge in [-0.15, -0.1) is 0 Å². The average molecular weight is 455 g/mol. The van der Waals surface area contributed by atoms with E-state index in [4.69, 9.17) is 19.6 Å². The third kappa shape index (κ3) is 6.53. The second kappa shape index (κ2) is 10.6. The molecule has 0 atom stereocenters. The number of ether oxygens (including phenoxy) is 3. The Hall–Kier alpha value is -2.93. The van der Waals surface area contributed by atoms with E-state index in [1.165, 1.54) is 5.56 Å². The van der Waals surface area contributed by atoms with Crippen molar-refractivity contribution in [2.45, 2.75) is 39.5 Å². The van der Waals surface area contributed by atoms with Crippen LogP contribution in [0.3, 0.4) is 0 Å². The van der Waals surface area contributed by atoms with Gasteiger partial charge < -0.3 is 19.5 Å². The molecule has 1 saturated heterocycles. The van der Waals surface area contributed by atoms with E-state index in [0.717, 1.165) is 29.5 Å². The molecule has 0 radical (unpaired) electrons. The molecule has 2 aromatic rings. The molecule has 1 aliphatic rings. The van der Waals surface area contributed by atoms with Crippen molar-refractivity contribution in [2.75, 3.05) is 19.8 Å². The summed E-state index contributed by atoms with van der Waals surface area (Å²) in [6, 6.07) is 13.8. The first kappa shape index (κ1) is 23.7. The minimum atomic E-state index is -0.258. The van der Waals surface area contributed by atoms with Gasteiger partial charge in [-0.1, -0.05) is 39.0 Å². The van der Waals surface area contributed by atoms with Crippen molar-refractivity contribution in [1.82, 2.24) is 5.32 Å². The highest BCUT2D eigenvalue weighted by Crippen LogP contribution is 2.32. The third-order valence-corrected chi connectivity index (χ3v) is 5.59. The van der Waals surface area contributed by atoms with E-state index in [0.29, 0.717) is 36.2 Å². The minimum Gasteiger partial charge on any atom is -0.493 e. The van der Waals surface area contributed by atoms with Crippen LogP contribution < -0.4 is 19.5 Å². The number of hydrogen-bond donors (Lipinski definition) is 2. The quantitative estimate of drug-likeness (QED) is 0.393. The van der Waals surface area contributed by atoms with E-state index in [2.05, 4.69) is 38.2 Å². The third-order valence-electron chi connectivity index (χ3n) is 4.76. The lowest BCUT2D eigenvalue weighted by atomic mass is 9.87. The molecule has 1 aliphatic heterocycles. The van der Waals surface area contributed by atoms with Crippen LogP contribution >= 0.6 is 11.8 Å². The molecule has 0 spiro atoms. The number of amidine groups is 1. The van der Waals surface area contributed by atoms with Crippen LogP contribution in [0.2, 0.25) is 0 Å². The maximum absolute atomic E-state index is 11.8. The predicted octanol–water partition coefficient (Wildman–Crippen LogP) is 5.37. The number of hydrogen-bond acceptors (Lipinski definition) is 6. The Morgan fingerprint density at radius 3 is 2.34 bits per heavy atom. The van der Waals surface area contributed by atoms with Crippen LogP contribution in [0.15, 0.2) is 47.4 Å². The number of amides is 1. The molecule has 170 valence electrons. The van der Waals surface area contributed by atoms with Gasteiger partial charge in [0.1, 0.15) is 5.75 Å². The zero-order valence-electron chi connectivity index (χ0n) is 19.0. The molecule has 32 heavy (non-hydrogen) atoms. The van der Waals surface area contributed by atoms with Gasteiger partial charge in [0, 0.05) is 6.42 Å². The summed E-state index contributed by atoms with van der Waals surface area (Å²) in [5.74, 6) is 1.87. The van der Waals surface area contributed by atoms with Gasteiger partial charge in [0.2, 0.25) is 0 Å². The average Bonchev–Trinajstić information content (AvgIpc) is 3.05. The Balaban J connectivity index is 1.52. The largest absolute Gasteiger partial charge is 0.493 e. The lowest BCUT2D eigenvalue weighted by Gasteiger charge is -2.19. The fourth-order valence-corrected chi connectivity index (χ4v) is 3.78. The Morgan fingerprint density at radius 1 is 1.00 bits per heavy atom. The molecule has 0 aromatic heterocycles. The molecule has 6 nitrogen and oxygen atoms in total. The Morgan fingerprint density at radius 2 is 1.72 bits per heavy atom. The van der Waals surface area contributed by atoms with Crippen molar-refractivity contribution in [3.63, 3.8) is 0 Å². The molecule has 1 amide bonds. The topological polar surface area (TPSA) is 80.6 Å². The number of nitrogens with one attached hydrogen (secondary N) is 2. The first-order valence-electron chi connectivity index (χ1n) is 10.7. The zero-order chi connectivity index (χ0) is 23.1. The summed E-state index contributed by atoms with van der Waals surface area (Å²) >= 11 is 1.11. The molecule has 0 saturated carbocycles. The summed E-state index contributed by atoms with van der Waals surface area (Å²) in [5, 5.41) is 10.2. The van der Waals surface area contributed by atoms with Gasteiger partial charge in [-0.25, -0.2) is 0 Å². The highest BCUT2D eigenvalue weighted by atomic mass is 32.2. The molecule has 2 N–H and O–H groups in total. The van der Waals surface area contributed by atoms with Crippen molar-refractivity contribution in [2.24, 2.45) is 0 Å². The van der Waals surface area contributed by atoms with Gasteiger partial charge in [-0.3, -0.25) is 10.2 Å². The van der Waals surface area contributed by atoms with Crippen molar-refractivity contribution >= 4 is 28.9 Å². The van der Waals surface area contributed by atoms with E-state index in [1.54, 1.807) is 6.08 Å². The molecule has 2 aromatic carbocycles. The lowest BCUT2D eigenvalue weighted by Crippen LogP contribution is -2.18. The van der Waals surface area contributed by atoms with Crippen LogP contribution in [0.25, 0.3) is 6.08 Å². The van der Waals surface area contributed by atoms with E-state index in [9.17, 15) is 4.79 Å². The fourth-order valence-electron chi connectivity index (χ4n) is 3.08. The highest BCUT2D eigenvalue weighted by Gasteiger charge is 2.22. The number of benzene rings is 2. The van der Waals surface area contributed by atoms with Crippen LogP contribution in [-0.4, -0.2) is 30.9 Å². The molecule has 1 fully saturated rings. The summed E-state index contributed by atoms with van der Waals surface area (Å²) in [4.78, 5) is 12.3. The normalized spacial score (nSPS) is 15.1. The molecular formula is C25H30N2O4S. The minimum absolute atomic E-state index is 0.127. The van der Waals surface area contributed by atoms with Gasteiger partial charge in [0.15, 0.2) is 16.7 Å². The maximum Gasteiger partial charge on any atom is 0.264 e. The Labute approximate surface area is 193 Å². The van der Waals surface area contributed by atoms with Gasteiger partial charge in [-0.2, -0.15) is 0 Å². The van der Waals surface area contributed by atoms with Gasteiger partial charge >= 0.3 is 0 Å². The predicted molar refractivity (Wildman–Crippen MR) is 130 cm³/mol. The standard InChI is InChI=1S/C25H30N2O4S/c1-5-29-21-15-17(16-22-23(28)27-24(26)32-22)7-12-20(21)31-14-6-13-30-19-10-8-18(9-11-19)25(2,3)4/h7-12,15-16H,5-6,13-14H2,1-4H3,(H2,26,27,28). The van der Waals surface area contributed by atoms with E-state index >= 15 is 0 Å². The smallest absolute Gasteiger partial charge is 0.264 e. The number of carbonyl (C=O) groups excluding carboxylic acids is 1. The monoisotopic (exact) mass is 454 g/mol. The molecular weight excluding hydrogens is 424 g/mol. The van der Waals surface area contributed by atoms with E-state index in [1.807, 2.05) is 37.3 Å². The van der Waals surface area contributed by atoms with Gasteiger partial charge in [-0.05, 0) is 65.6 Å². The second-order valence-corrected chi connectivity index (χ2v) is 9.41. The summed E-state index contributed by atoms with van der Waals surface area (Å²) in [5.41, 5.74) is 2.22. The number of rotatable bonds is 9. The van der Waals surface area contributed by atoms with Crippen molar-refractivity contribution < 1.29 is 19.0 Å². The Bertz CT molecular complexity index is 994. The summed E-state index contributed by atoms with van der Waals surface area (Å²) in [6.07, 6.45) is 2.48. The second-order valence-electron chi connectivity index (χ2n) is 8.36. The molecule has 7 heteroatoms. The number of thioether (sulfide) groups is 1. The van der Waals surface area contributed by atoms with Crippen molar-refractivity contribution in [1.29, 1.82) is 5.41 Å². The molecule has 0 bridgehead atoms. The first-order valence-corrected chi connectivity index (χ1v) is 11.5. The van der Waals surface area contributed by atoms with Crippen molar-refractivity contribution in [3.05, 3.63) is 58.5 Å². The fraction of sp³-hybridized carbons (Fsp3) is 0.360. The maximum atomic E-state index is 11.8. The number of carbonyl (C=O) groups is 1.